The van der Waals surface area contributed by atoms with Gasteiger partial charge in [0.05, 0.1) is 0 Å². The van der Waals surface area contributed by atoms with Crippen molar-refractivity contribution < 1.29 is 4.79 Å². The normalized spacial score (nSPS) is 12.2. The van der Waals surface area contributed by atoms with Crippen molar-refractivity contribution in [3.8, 4) is 0 Å². The average Bonchev–Trinajstić information content (AvgIpc) is 3.02. The molecule has 3 rings (SSSR count). The van der Waals surface area contributed by atoms with Crippen molar-refractivity contribution in [2.75, 3.05) is 6.54 Å². The minimum atomic E-state index is 0.109. The Morgan fingerprint density at radius 1 is 1.09 bits per heavy atom. The number of nitrogens with one attached hydrogen (secondary N) is 2. The summed E-state index contributed by atoms with van der Waals surface area (Å²) in [5.74, 6) is 0.436. The van der Waals surface area contributed by atoms with Crippen LogP contribution in [-0.2, 0) is 11.2 Å². The molecule has 0 radical (unpaired) electrons. The second kappa shape index (κ2) is 7.14. The predicted molar refractivity (Wildman–Crippen MR) is 94.5 cm³/mol. The Bertz CT molecular complexity index is 776. The zero-order valence-electron chi connectivity index (χ0n) is 13.4. The van der Waals surface area contributed by atoms with Crippen LogP contribution in [0.1, 0.15) is 30.4 Å². The lowest BCUT2D eigenvalue weighted by Crippen LogP contribution is -2.27. The van der Waals surface area contributed by atoms with Gasteiger partial charge in [0, 0.05) is 30.1 Å². The molecule has 0 saturated heterocycles. The van der Waals surface area contributed by atoms with Gasteiger partial charge in [-0.1, -0.05) is 55.5 Å². The standard InChI is InChI=1S/C20H22N2O/c1-15(16-7-3-2-4-8-16)13-22-20(23)12-11-17-14-21-19-10-6-5-9-18(17)19/h2-10,14-15,21H,11-13H2,1H3,(H,22,23)/t15-/m1/s1. The molecule has 0 unspecified atom stereocenters. The molecular formula is C20H22N2O. The molecule has 3 heteroatoms. The summed E-state index contributed by atoms with van der Waals surface area (Å²) in [5.41, 5.74) is 3.58. The van der Waals surface area contributed by atoms with E-state index >= 15 is 0 Å². The Balaban J connectivity index is 1.50. The quantitative estimate of drug-likeness (QED) is 0.710. The van der Waals surface area contributed by atoms with E-state index in [0.29, 0.717) is 18.9 Å². The molecule has 1 atom stereocenters. The molecule has 0 fully saturated rings. The van der Waals surface area contributed by atoms with E-state index in [1.807, 2.05) is 36.5 Å². The first kappa shape index (κ1) is 15.3. The first-order valence-corrected chi connectivity index (χ1v) is 8.10. The fourth-order valence-corrected chi connectivity index (χ4v) is 2.84. The van der Waals surface area contributed by atoms with Gasteiger partial charge in [-0.15, -0.1) is 0 Å². The van der Waals surface area contributed by atoms with Gasteiger partial charge in [0.25, 0.3) is 0 Å². The summed E-state index contributed by atoms with van der Waals surface area (Å²) in [5, 5.41) is 4.25. The Morgan fingerprint density at radius 3 is 2.65 bits per heavy atom. The summed E-state index contributed by atoms with van der Waals surface area (Å²) in [4.78, 5) is 15.3. The van der Waals surface area contributed by atoms with Gasteiger partial charge >= 0.3 is 0 Å². The van der Waals surface area contributed by atoms with Gasteiger partial charge in [-0.2, -0.15) is 0 Å². The maximum atomic E-state index is 12.1. The van der Waals surface area contributed by atoms with Crippen molar-refractivity contribution in [1.29, 1.82) is 0 Å². The molecule has 1 aromatic heterocycles. The Hall–Kier alpha value is -2.55. The number of carbonyl (C=O) groups is 1. The molecule has 3 nitrogen and oxygen atoms in total. The largest absolute Gasteiger partial charge is 0.361 e. The number of hydrogen-bond donors (Lipinski definition) is 2. The topological polar surface area (TPSA) is 44.9 Å². The zero-order valence-corrected chi connectivity index (χ0v) is 13.4. The van der Waals surface area contributed by atoms with E-state index in [2.05, 4.69) is 41.5 Å². The van der Waals surface area contributed by atoms with E-state index in [4.69, 9.17) is 0 Å². The third kappa shape index (κ3) is 3.81. The van der Waals surface area contributed by atoms with E-state index in [-0.39, 0.29) is 5.91 Å². The van der Waals surface area contributed by atoms with Crippen LogP contribution in [0.25, 0.3) is 10.9 Å². The summed E-state index contributed by atoms with van der Waals surface area (Å²) in [6.07, 6.45) is 3.28. The van der Waals surface area contributed by atoms with Gasteiger partial charge in [0.1, 0.15) is 0 Å². The maximum Gasteiger partial charge on any atom is 0.220 e. The maximum absolute atomic E-state index is 12.1. The van der Waals surface area contributed by atoms with Gasteiger partial charge < -0.3 is 10.3 Å². The molecule has 0 saturated carbocycles. The average molecular weight is 306 g/mol. The summed E-state index contributed by atoms with van der Waals surface area (Å²) in [6, 6.07) is 18.5. The highest BCUT2D eigenvalue weighted by Gasteiger charge is 2.09. The van der Waals surface area contributed by atoms with Crippen molar-refractivity contribution in [2.45, 2.75) is 25.7 Å². The van der Waals surface area contributed by atoms with Gasteiger partial charge in [-0.05, 0) is 29.5 Å². The number of para-hydroxylation sites is 1. The van der Waals surface area contributed by atoms with E-state index in [0.717, 1.165) is 11.9 Å². The lowest BCUT2D eigenvalue weighted by molar-refractivity contribution is -0.121. The Morgan fingerprint density at radius 2 is 1.83 bits per heavy atom. The van der Waals surface area contributed by atoms with Gasteiger partial charge in [-0.25, -0.2) is 0 Å². The molecular weight excluding hydrogens is 284 g/mol. The van der Waals surface area contributed by atoms with Crippen LogP contribution in [0.2, 0.25) is 0 Å². The molecule has 2 aromatic carbocycles. The van der Waals surface area contributed by atoms with Gasteiger partial charge in [-0.3, -0.25) is 4.79 Å². The minimum Gasteiger partial charge on any atom is -0.361 e. The highest BCUT2D eigenvalue weighted by Crippen LogP contribution is 2.19. The molecule has 1 heterocycles. The third-order valence-corrected chi connectivity index (χ3v) is 4.27. The molecule has 0 aliphatic rings. The van der Waals surface area contributed by atoms with Crippen molar-refractivity contribution in [3.05, 3.63) is 71.9 Å². The Labute approximate surface area is 136 Å². The number of rotatable bonds is 6. The number of fused-ring (bicyclic) bond motifs is 1. The van der Waals surface area contributed by atoms with Crippen molar-refractivity contribution in [2.24, 2.45) is 0 Å². The van der Waals surface area contributed by atoms with E-state index < -0.39 is 0 Å². The molecule has 0 spiro atoms. The van der Waals surface area contributed by atoms with Crippen LogP contribution in [0, 0.1) is 0 Å². The first-order chi connectivity index (χ1) is 11.2. The van der Waals surface area contributed by atoms with Crippen LogP contribution >= 0.6 is 0 Å². The molecule has 118 valence electrons. The fourth-order valence-electron chi connectivity index (χ4n) is 2.84. The zero-order chi connectivity index (χ0) is 16.1. The van der Waals surface area contributed by atoms with Crippen LogP contribution in [0.15, 0.2) is 60.8 Å². The number of benzene rings is 2. The summed E-state index contributed by atoms with van der Waals surface area (Å²) < 4.78 is 0. The smallest absolute Gasteiger partial charge is 0.220 e. The number of aromatic amines is 1. The molecule has 2 N–H and O–H groups in total. The SMILES string of the molecule is C[C@H](CNC(=O)CCc1c[nH]c2ccccc12)c1ccccc1. The second-order valence-electron chi connectivity index (χ2n) is 5.98. The highest BCUT2D eigenvalue weighted by atomic mass is 16.1. The van der Waals surface area contributed by atoms with Crippen LogP contribution in [0.5, 0.6) is 0 Å². The molecule has 3 aromatic rings. The van der Waals surface area contributed by atoms with Crippen LogP contribution < -0.4 is 5.32 Å². The molecule has 0 aliphatic heterocycles. The minimum absolute atomic E-state index is 0.109. The fraction of sp³-hybridized carbons (Fsp3) is 0.250. The molecule has 0 aliphatic carbocycles. The Kier molecular flexibility index (Phi) is 4.77. The van der Waals surface area contributed by atoms with Gasteiger partial charge in [0.15, 0.2) is 0 Å². The number of carbonyl (C=O) groups excluding carboxylic acids is 1. The van der Waals surface area contributed by atoms with Crippen molar-refractivity contribution in [3.63, 3.8) is 0 Å². The number of hydrogen-bond acceptors (Lipinski definition) is 1. The van der Waals surface area contributed by atoms with Gasteiger partial charge in [0.2, 0.25) is 5.91 Å². The third-order valence-electron chi connectivity index (χ3n) is 4.27. The molecule has 0 bridgehead atoms. The number of H-pyrrole nitrogens is 1. The summed E-state index contributed by atoms with van der Waals surface area (Å²) in [6.45, 7) is 2.81. The molecule has 23 heavy (non-hydrogen) atoms. The lowest BCUT2D eigenvalue weighted by atomic mass is 10.0. The summed E-state index contributed by atoms with van der Waals surface area (Å²) >= 11 is 0. The van der Waals surface area contributed by atoms with Crippen LogP contribution in [-0.4, -0.2) is 17.4 Å². The predicted octanol–water partition coefficient (Wildman–Crippen LogP) is 4.02. The number of aromatic nitrogens is 1. The van der Waals surface area contributed by atoms with E-state index in [9.17, 15) is 4.79 Å². The summed E-state index contributed by atoms with van der Waals surface area (Å²) in [7, 11) is 0. The van der Waals surface area contributed by atoms with Crippen molar-refractivity contribution >= 4 is 16.8 Å². The van der Waals surface area contributed by atoms with E-state index in [1.54, 1.807) is 0 Å². The monoisotopic (exact) mass is 306 g/mol. The highest BCUT2D eigenvalue weighted by molar-refractivity contribution is 5.84. The second-order valence-corrected chi connectivity index (χ2v) is 5.98. The lowest BCUT2D eigenvalue weighted by Gasteiger charge is -2.13. The molecule has 1 amide bonds. The van der Waals surface area contributed by atoms with E-state index in [1.165, 1.54) is 16.5 Å². The number of aryl methyl sites for hydroxylation is 1. The number of amides is 1. The first-order valence-electron chi connectivity index (χ1n) is 8.10. The van der Waals surface area contributed by atoms with Crippen molar-refractivity contribution in [1.82, 2.24) is 10.3 Å². The van der Waals surface area contributed by atoms with Crippen LogP contribution in [0.3, 0.4) is 0 Å². The van der Waals surface area contributed by atoms with Crippen LogP contribution in [0.4, 0.5) is 0 Å².